The summed E-state index contributed by atoms with van der Waals surface area (Å²) in [5, 5.41) is 8.76. The van der Waals surface area contributed by atoms with E-state index in [4.69, 9.17) is 20.1 Å². The number of nitrogen functional groups attached to an aromatic ring is 1. The quantitative estimate of drug-likeness (QED) is 0.248. The van der Waals surface area contributed by atoms with Crippen molar-refractivity contribution < 1.29 is 18.6 Å². The SMILES string of the molecule is Nn1c(COc2ccccc2F)nnc1SCc1cc(Br)cc2c1OC(c1ccccc1)OC2. The van der Waals surface area contributed by atoms with Gasteiger partial charge in [-0.2, -0.15) is 0 Å². The zero-order valence-electron chi connectivity index (χ0n) is 17.9. The van der Waals surface area contributed by atoms with Crippen molar-refractivity contribution in [1.82, 2.24) is 14.9 Å². The third kappa shape index (κ3) is 4.89. The number of hydrogen-bond donors (Lipinski definition) is 1. The van der Waals surface area contributed by atoms with Crippen LogP contribution in [0.4, 0.5) is 4.39 Å². The Balaban J connectivity index is 1.30. The zero-order valence-corrected chi connectivity index (χ0v) is 20.3. The lowest BCUT2D eigenvalue weighted by Gasteiger charge is -2.28. The molecular weight excluding hydrogens is 523 g/mol. The van der Waals surface area contributed by atoms with Crippen molar-refractivity contribution in [2.45, 2.75) is 30.4 Å². The fourth-order valence-corrected chi connectivity index (χ4v) is 4.90. The van der Waals surface area contributed by atoms with Crippen LogP contribution >= 0.6 is 27.7 Å². The molecule has 2 heterocycles. The molecule has 0 bridgehead atoms. The minimum Gasteiger partial charge on any atom is -0.482 e. The molecule has 0 radical (unpaired) electrons. The summed E-state index contributed by atoms with van der Waals surface area (Å²) >= 11 is 4.99. The molecule has 1 aliphatic rings. The van der Waals surface area contributed by atoms with Gasteiger partial charge in [0.25, 0.3) is 0 Å². The topological polar surface area (TPSA) is 84.4 Å². The fraction of sp³-hybridized carbons (Fsp3) is 0.167. The number of hydrogen-bond acceptors (Lipinski definition) is 7. The maximum atomic E-state index is 13.8. The first-order chi connectivity index (χ1) is 16.6. The van der Waals surface area contributed by atoms with Crippen molar-refractivity contribution in [1.29, 1.82) is 0 Å². The van der Waals surface area contributed by atoms with Crippen LogP contribution < -0.4 is 15.3 Å². The maximum absolute atomic E-state index is 13.8. The molecule has 0 fully saturated rings. The van der Waals surface area contributed by atoms with Gasteiger partial charge in [-0.05, 0) is 24.3 Å². The molecule has 4 aromatic rings. The third-order valence-corrected chi connectivity index (χ3v) is 6.63. The summed E-state index contributed by atoms with van der Waals surface area (Å²) in [4.78, 5) is 0. The van der Waals surface area contributed by atoms with E-state index in [2.05, 4.69) is 26.1 Å². The summed E-state index contributed by atoms with van der Waals surface area (Å²) in [5.74, 6) is 7.58. The highest BCUT2D eigenvalue weighted by atomic mass is 79.9. The summed E-state index contributed by atoms with van der Waals surface area (Å²) in [6.45, 7) is 0.438. The van der Waals surface area contributed by atoms with E-state index < -0.39 is 12.1 Å². The number of fused-ring (bicyclic) bond motifs is 1. The molecule has 0 saturated heterocycles. The van der Waals surface area contributed by atoms with Gasteiger partial charge in [0.1, 0.15) is 12.4 Å². The second-order valence-electron chi connectivity index (χ2n) is 7.50. The lowest BCUT2D eigenvalue weighted by atomic mass is 10.1. The summed E-state index contributed by atoms with van der Waals surface area (Å²) in [7, 11) is 0. The first kappa shape index (κ1) is 22.7. The number of halogens is 2. The molecule has 0 amide bonds. The lowest BCUT2D eigenvalue weighted by molar-refractivity contribution is -0.111. The van der Waals surface area contributed by atoms with Gasteiger partial charge in [0.2, 0.25) is 11.4 Å². The molecule has 10 heteroatoms. The first-order valence-corrected chi connectivity index (χ1v) is 12.2. The molecule has 7 nitrogen and oxygen atoms in total. The van der Waals surface area contributed by atoms with Gasteiger partial charge in [-0.1, -0.05) is 70.2 Å². The second kappa shape index (κ2) is 10.0. The molecule has 2 N–H and O–H groups in total. The van der Waals surface area contributed by atoms with Crippen LogP contribution in [0.1, 0.15) is 28.8 Å². The van der Waals surface area contributed by atoms with Crippen LogP contribution in [0.3, 0.4) is 0 Å². The van der Waals surface area contributed by atoms with E-state index in [1.807, 2.05) is 42.5 Å². The van der Waals surface area contributed by atoms with Gasteiger partial charge < -0.3 is 20.1 Å². The molecule has 1 aromatic heterocycles. The third-order valence-electron chi connectivity index (χ3n) is 5.18. The molecule has 0 saturated carbocycles. The number of thioether (sulfide) groups is 1. The number of nitrogens with zero attached hydrogens (tertiary/aromatic N) is 3. The van der Waals surface area contributed by atoms with E-state index in [0.717, 1.165) is 26.9 Å². The normalized spacial score (nSPS) is 14.9. The van der Waals surface area contributed by atoms with Gasteiger partial charge in [0.05, 0.1) is 6.61 Å². The second-order valence-corrected chi connectivity index (χ2v) is 9.36. The summed E-state index contributed by atoms with van der Waals surface area (Å²) < 4.78 is 33.7. The highest BCUT2D eigenvalue weighted by Crippen LogP contribution is 2.39. The Morgan fingerprint density at radius 1 is 1.12 bits per heavy atom. The van der Waals surface area contributed by atoms with Crippen molar-refractivity contribution in [3.05, 3.63) is 99.5 Å². The highest BCUT2D eigenvalue weighted by Gasteiger charge is 2.25. The Morgan fingerprint density at radius 2 is 1.91 bits per heavy atom. The van der Waals surface area contributed by atoms with Crippen molar-refractivity contribution in [3.8, 4) is 11.5 Å². The molecule has 1 aliphatic heterocycles. The number of ether oxygens (including phenoxy) is 3. The standard InChI is InChI=1S/C24H20BrFN4O3S/c25-18-10-16-12-32-23(15-6-2-1-3-7-15)33-22(16)17(11-18)14-34-24-29-28-21(30(24)27)13-31-20-9-5-4-8-19(20)26/h1-11,23H,12-14,27H2. The van der Waals surface area contributed by atoms with Gasteiger partial charge in [-0.15, -0.1) is 10.2 Å². The smallest absolute Gasteiger partial charge is 0.227 e. The van der Waals surface area contributed by atoms with Gasteiger partial charge in [-0.3, -0.25) is 0 Å². The number of nitrogens with two attached hydrogens (primary N) is 1. The molecule has 34 heavy (non-hydrogen) atoms. The van der Waals surface area contributed by atoms with Crippen LogP contribution in [0, 0.1) is 5.82 Å². The van der Waals surface area contributed by atoms with Crippen LogP contribution in [0.5, 0.6) is 11.5 Å². The summed E-state index contributed by atoms with van der Waals surface area (Å²) in [5.41, 5.74) is 2.90. The predicted molar refractivity (Wildman–Crippen MR) is 129 cm³/mol. The average Bonchev–Trinajstić information content (AvgIpc) is 3.21. The van der Waals surface area contributed by atoms with Gasteiger partial charge >= 0.3 is 0 Å². The molecule has 1 unspecified atom stereocenters. The molecule has 5 rings (SSSR count). The number of para-hydroxylation sites is 1. The van der Waals surface area contributed by atoms with Crippen molar-refractivity contribution >= 4 is 27.7 Å². The first-order valence-electron chi connectivity index (χ1n) is 10.4. The monoisotopic (exact) mass is 542 g/mol. The van der Waals surface area contributed by atoms with Crippen LogP contribution in [-0.4, -0.2) is 14.9 Å². The van der Waals surface area contributed by atoms with Crippen molar-refractivity contribution in [2.75, 3.05) is 5.84 Å². The van der Waals surface area contributed by atoms with Crippen molar-refractivity contribution in [2.24, 2.45) is 0 Å². The Labute approximate surface area is 208 Å². The predicted octanol–water partition coefficient (Wildman–Crippen LogP) is 5.37. The average molecular weight is 543 g/mol. The van der Waals surface area contributed by atoms with Crippen LogP contribution in [0.25, 0.3) is 0 Å². The van der Waals surface area contributed by atoms with E-state index >= 15 is 0 Å². The van der Waals surface area contributed by atoms with E-state index in [9.17, 15) is 4.39 Å². The Kier molecular flexibility index (Phi) is 6.70. The molecular formula is C24H20BrFN4O3S. The van der Waals surface area contributed by atoms with Crippen LogP contribution in [0.15, 0.2) is 76.4 Å². The fourth-order valence-electron chi connectivity index (χ4n) is 3.51. The minimum atomic E-state index is -0.473. The molecule has 3 aromatic carbocycles. The number of benzene rings is 3. The van der Waals surface area contributed by atoms with Crippen molar-refractivity contribution in [3.63, 3.8) is 0 Å². The Morgan fingerprint density at radius 3 is 2.74 bits per heavy atom. The van der Waals surface area contributed by atoms with Gasteiger partial charge in [-0.25, -0.2) is 9.07 Å². The van der Waals surface area contributed by atoms with Gasteiger partial charge in [0.15, 0.2) is 17.4 Å². The maximum Gasteiger partial charge on any atom is 0.227 e. The van der Waals surface area contributed by atoms with E-state index in [1.165, 1.54) is 22.5 Å². The minimum absolute atomic E-state index is 0.00349. The Hall–Kier alpha value is -3.08. The molecule has 1 atom stereocenters. The Bertz CT molecular complexity index is 1300. The highest BCUT2D eigenvalue weighted by molar-refractivity contribution is 9.10. The summed E-state index contributed by atoms with van der Waals surface area (Å²) in [6.07, 6.45) is -0.473. The molecule has 0 aliphatic carbocycles. The van der Waals surface area contributed by atoms with Crippen LogP contribution in [0.2, 0.25) is 0 Å². The summed E-state index contributed by atoms with van der Waals surface area (Å²) in [6, 6.07) is 20.0. The molecule has 174 valence electrons. The van der Waals surface area contributed by atoms with E-state index in [0.29, 0.717) is 23.3 Å². The van der Waals surface area contributed by atoms with Gasteiger partial charge in [0, 0.05) is 26.9 Å². The van der Waals surface area contributed by atoms with E-state index in [1.54, 1.807) is 18.2 Å². The van der Waals surface area contributed by atoms with Crippen LogP contribution in [-0.2, 0) is 23.7 Å². The lowest BCUT2D eigenvalue weighted by Crippen LogP contribution is -2.19. The number of aromatic nitrogens is 3. The number of rotatable bonds is 7. The largest absolute Gasteiger partial charge is 0.482 e. The molecule has 0 spiro atoms. The zero-order chi connectivity index (χ0) is 23.5. The van der Waals surface area contributed by atoms with E-state index in [-0.39, 0.29) is 12.4 Å².